The van der Waals surface area contributed by atoms with Crippen LogP contribution in [-0.4, -0.2) is 118 Å². The van der Waals surface area contributed by atoms with Crippen LogP contribution >= 0.6 is 0 Å². The fourth-order valence-electron chi connectivity index (χ4n) is 10.3. The van der Waals surface area contributed by atoms with E-state index in [0.29, 0.717) is 67.1 Å². The predicted octanol–water partition coefficient (Wildman–Crippen LogP) is 7.41. The van der Waals surface area contributed by atoms with Crippen molar-refractivity contribution >= 4 is 61.6 Å². The molecule has 352 valence electrons. The summed E-state index contributed by atoms with van der Waals surface area (Å²) in [5.41, 5.74) is 5.28. The lowest BCUT2D eigenvalue weighted by Gasteiger charge is -2.33. The van der Waals surface area contributed by atoms with Gasteiger partial charge in [-0.05, 0) is 104 Å². The number of carbonyl (C=O) groups excluding carboxylic acids is 3. The molecule has 19 heteroatoms. The number of hydrogen-bond acceptors (Lipinski definition) is 10. The fraction of sp³-hybridized carbons (Fsp3) is 0.489. The van der Waals surface area contributed by atoms with Crippen molar-refractivity contribution in [2.24, 2.45) is 11.8 Å². The summed E-state index contributed by atoms with van der Waals surface area (Å²) in [7, 11) is -1.15. The predicted molar refractivity (Wildman–Crippen MR) is 245 cm³/mol. The SMILES string of the molecule is COC(=O)N[C@H](C(=O)N1CCC[C@H]1c1nc2ccc([C@H]3CC[C@H](c4ccc5nc([C@@H]6CCCN6C(=O)[C@H](C(C)C)N(C)C(=O)O)[nH]c5c4)N3c3ccc(S(C)(=O)=O)c(F)c3)cc2[nH]1)C(C)C. The first-order chi connectivity index (χ1) is 31.4. The molecule has 0 radical (unpaired) electrons. The number of aromatic amines is 2. The van der Waals surface area contributed by atoms with E-state index in [4.69, 9.17) is 14.7 Å². The maximum atomic E-state index is 15.8. The minimum atomic E-state index is -3.83. The van der Waals surface area contributed by atoms with Crippen LogP contribution < -0.4 is 10.2 Å². The van der Waals surface area contributed by atoms with Gasteiger partial charge in [0.25, 0.3) is 0 Å². The number of alkyl carbamates (subject to hydrolysis) is 1. The number of amides is 4. The number of aromatic nitrogens is 4. The molecule has 3 aliphatic heterocycles. The quantitative estimate of drug-likeness (QED) is 0.0967. The normalized spacial score (nSPS) is 21.0. The number of fused-ring (bicyclic) bond motifs is 2. The Hall–Kier alpha value is -6.24. The first-order valence-electron chi connectivity index (χ1n) is 22.5. The molecule has 4 amide bonds. The molecule has 3 saturated heterocycles. The highest BCUT2D eigenvalue weighted by atomic mass is 32.2. The van der Waals surface area contributed by atoms with Gasteiger partial charge < -0.3 is 39.8 Å². The molecule has 0 saturated carbocycles. The summed E-state index contributed by atoms with van der Waals surface area (Å²) < 4.78 is 45.5. The smallest absolute Gasteiger partial charge is 0.407 e. The molecular formula is C47H58FN9O8S. The van der Waals surface area contributed by atoms with Crippen molar-refractivity contribution < 1.29 is 41.8 Å². The van der Waals surface area contributed by atoms with Crippen LogP contribution in [0.1, 0.15) is 113 Å². The number of hydrogen-bond donors (Lipinski definition) is 4. The van der Waals surface area contributed by atoms with E-state index in [1.165, 1.54) is 26.3 Å². The summed E-state index contributed by atoms with van der Waals surface area (Å²) in [6, 6.07) is 13.3. The Kier molecular flexibility index (Phi) is 12.8. The number of likely N-dealkylation sites (N-methyl/N-ethyl adjacent to an activating group) is 1. The highest BCUT2D eigenvalue weighted by molar-refractivity contribution is 7.90. The second kappa shape index (κ2) is 18.2. The van der Waals surface area contributed by atoms with Crippen LogP contribution in [0.25, 0.3) is 22.1 Å². The highest BCUT2D eigenvalue weighted by Crippen LogP contribution is 2.48. The first kappa shape index (κ1) is 46.3. The Morgan fingerprint density at radius 3 is 1.77 bits per heavy atom. The molecule has 3 aliphatic rings. The van der Waals surface area contributed by atoms with Gasteiger partial charge in [-0.1, -0.05) is 39.8 Å². The van der Waals surface area contributed by atoms with E-state index in [9.17, 15) is 32.7 Å². The number of carbonyl (C=O) groups is 4. The number of imidazole rings is 2. The number of ether oxygens (including phenoxy) is 1. The summed E-state index contributed by atoms with van der Waals surface area (Å²) in [4.78, 5) is 74.9. The molecule has 6 atom stereocenters. The number of sulfone groups is 1. The van der Waals surface area contributed by atoms with Gasteiger partial charge in [-0.15, -0.1) is 0 Å². The van der Waals surface area contributed by atoms with Crippen molar-refractivity contribution in [2.75, 3.05) is 38.4 Å². The van der Waals surface area contributed by atoms with Gasteiger partial charge >= 0.3 is 12.2 Å². The van der Waals surface area contributed by atoms with E-state index in [1.54, 1.807) is 15.9 Å². The first-order valence-corrected chi connectivity index (χ1v) is 24.4. The Morgan fingerprint density at radius 2 is 1.32 bits per heavy atom. The lowest BCUT2D eigenvalue weighted by molar-refractivity contribution is -0.138. The number of nitrogens with zero attached hydrogens (tertiary/aromatic N) is 6. The van der Waals surface area contributed by atoms with Gasteiger partial charge in [-0.3, -0.25) is 14.5 Å². The summed E-state index contributed by atoms with van der Waals surface area (Å²) >= 11 is 0. The standard InChI is InChI=1S/C47H58FN9O8S/c1-25(2)40(53-46(60)65-6)44(58)55-20-8-10-37(55)42-49-31-15-12-27(22-33(31)51-42)35-17-18-36(57(35)29-14-19-39(30(48)24-29)66(7,63)64)28-13-16-32-34(23-28)52-43(50-32)38-11-9-21-56(38)45(59)41(26(3)4)54(5)47(61)62/h12-16,19,22-26,35-38,40-41H,8-11,17-18,20-21H2,1-7H3,(H,49,51)(H,50,52)(H,53,60)(H,61,62)/t35-,36-,37+,38+,40+,41+/m1/s1. The Balaban J connectivity index is 1.11. The number of nitrogens with one attached hydrogen (secondary N) is 3. The van der Waals surface area contributed by atoms with Gasteiger partial charge in [-0.2, -0.15) is 0 Å². The van der Waals surface area contributed by atoms with Crippen molar-refractivity contribution in [2.45, 2.75) is 107 Å². The number of likely N-dealkylation sites (tertiary alicyclic amines) is 2. The number of halogens is 1. The maximum Gasteiger partial charge on any atom is 0.407 e. The Morgan fingerprint density at radius 1 is 0.788 bits per heavy atom. The van der Waals surface area contributed by atoms with E-state index < -0.39 is 39.9 Å². The van der Waals surface area contributed by atoms with Crippen LogP contribution in [0, 0.1) is 17.7 Å². The number of methoxy groups -OCH3 is 1. The van der Waals surface area contributed by atoms with Crippen LogP contribution in [0.4, 0.5) is 19.7 Å². The topological polar surface area (TPSA) is 214 Å². The van der Waals surface area contributed by atoms with E-state index in [2.05, 4.69) is 20.2 Å². The van der Waals surface area contributed by atoms with E-state index >= 15 is 4.39 Å². The summed E-state index contributed by atoms with van der Waals surface area (Å²) in [6.07, 6.45) is 3.35. The van der Waals surface area contributed by atoms with E-state index in [1.807, 2.05) is 64.1 Å². The third kappa shape index (κ3) is 8.76. The minimum absolute atomic E-state index is 0.178. The van der Waals surface area contributed by atoms with Crippen molar-refractivity contribution in [3.8, 4) is 0 Å². The van der Waals surface area contributed by atoms with Crippen LogP contribution in [-0.2, 0) is 24.2 Å². The lowest BCUT2D eigenvalue weighted by Crippen LogP contribution is -2.51. The van der Waals surface area contributed by atoms with Gasteiger partial charge in [-0.25, -0.2) is 32.4 Å². The second-order valence-corrected chi connectivity index (χ2v) is 20.5. The number of carboxylic acid groups (broad SMARTS) is 1. The zero-order chi connectivity index (χ0) is 47.4. The molecule has 3 aromatic carbocycles. The maximum absolute atomic E-state index is 15.8. The molecule has 8 rings (SSSR count). The Labute approximate surface area is 383 Å². The molecule has 0 spiro atoms. The molecule has 0 bridgehead atoms. The molecular weight excluding hydrogens is 870 g/mol. The van der Waals surface area contributed by atoms with Gasteiger partial charge in [0, 0.05) is 32.1 Å². The molecule has 0 unspecified atom stereocenters. The number of benzene rings is 3. The summed E-state index contributed by atoms with van der Waals surface area (Å²) in [5, 5.41) is 12.4. The fourth-order valence-corrected chi connectivity index (χ4v) is 11.0. The van der Waals surface area contributed by atoms with Crippen molar-refractivity contribution in [1.29, 1.82) is 0 Å². The van der Waals surface area contributed by atoms with E-state index in [0.717, 1.165) is 46.2 Å². The van der Waals surface area contributed by atoms with Crippen LogP contribution in [0.2, 0.25) is 0 Å². The van der Waals surface area contributed by atoms with Gasteiger partial charge in [0.1, 0.15) is 34.4 Å². The molecule has 0 aliphatic carbocycles. The zero-order valence-corrected chi connectivity index (χ0v) is 39.1. The van der Waals surface area contributed by atoms with Crippen LogP contribution in [0.15, 0.2) is 59.5 Å². The van der Waals surface area contributed by atoms with Gasteiger partial charge in [0.2, 0.25) is 11.8 Å². The third-order valence-corrected chi connectivity index (χ3v) is 14.6. The average molecular weight is 928 g/mol. The highest BCUT2D eigenvalue weighted by Gasteiger charge is 2.41. The summed E-state index contributed by atoms with van der Waals surface area (Å²) in [6.45, 7) is 8.40. The van der Waals surface area contributed by atoms with Crippen LogP contribution in [0.5, 0.6) is 0 Å². The zero-order valence-electron chi connectivity index (χ0n) is 38.2. The summed E-state index contributed by atoms with van der Waals surface area (Å²) in [5.74, 6) is -0.479. The Bertz CT molecular complexity index is 2790. The van der Waals surface area contributed by atoms with E-state index in [-0.39, 0.29) is 52.7 Å². The van der Waals surface area contributed by atoms with Crippen molar-refractivity contribution in [3.05, 3.63) is 83.2 Å². The molecule has 66 heavy (non-hydrogen) atoms. The van der Waals surface area contributed by atoms with Crippen LogP contribution in [0.3, 0.4) is 0 Å². The second-order valence-electron chi connectivity index (χ2n) is 18.5. The largest absolute Gasteiger partial charge is 0.465 e. The van der Waals surface area contributed by atoms with Crippen molar-refractivity contribution in [1.82, 2.24) is 40.0 Å². The minimum Gasteiger partial charge on any atom is -0.465 e. The third-order valence-electron chi connectivity index (χ3n) is 13.5. The molecule has 4 N–H and O–H groups in total. The number of H-pyrrole nitrogens is 2. The average Bonchev–Trinajstić information content (AvgIpc) is 4.12. The lowest BCUT2D eigenvalue weighted by atomic mass is 10.0. The molecule has 5 aromatic rings. The molecule has 17 nitrogen and oxygen atoms in total. The molecule has 2 aromatic heterocycles. The number of anilines is 1. The monoisotopic (exact) mass is 927 g/mol. The van der Waals surface area contributed by atoms with Crippen molar-refractivity contribution in [3.63, 3.8) is 0 Å². The van der Waals surface area contributed by atoms with Gasteiger partial charge in [0.05, 0.1) is 53.3 Å². The molecule has 3 fully saturated rings. The number of rotatable bonds is 12. The van der Waals surface area contributed by atoms with Gasteiger partial charge in [0.15, 0.2) is 9.84 Å². The molecule has 5 heterocycles.